The van der Waals surface area contributed by atoms with Gasteiger partial charge in [-0.15, -0.1) is 0 Å². The molecule has 8 atom stereocenters. The summed E-state index contributed by atoms with van der Waals surface area (Å²) in [5.74, 6) is -1.21. The van der Waals surface area contributed by atoms with Gasteiger partial charge < -0.3 is 45.1 Å². The number of hydrogen-bond acceptors (Lipinski definition) is 10. The van der Waals surface area contributed by atoms with Gasteiger partial charge in [0.05, 0.1) is 25.4 Å². The molecule has 0 spiro atoms. The molecule has 11 nitrogen and oxygen atoms in total. The molecule has 11 heteroatoms. The Morgan fingerprint density at radius 3 is 1.48 bits per heavy atom. The molecule has 412 valence electrons. The third-order valence-corrected chi connectivity index (χ3v) is 13.4. The van der Waals surface area contributed by atoms with E-state index in [4.69, 9.17) is 14.2 Å². The van der Waals surface area contributed by atoms with E-state index in [0.717, 1.165) is 83.5 Å². The van der Waals surface area contributed by atoms with E-state index in [0.29, 0.717) is 12.8 Å². The van der Waals surface area contributed by atoms with Crippen molar-refractivity contribution in [2.75, 3.05) is 13.2 Å². The molecule has 0 radical (unpaired) electrons. The van der Waals surface area contributed by atoms with Crippen LogP contribution < -0.4 is 5.32 Å². The summed E-state index contributed by atoms with van der Waals surface area (Å²) in [5, 5.41) is 56.7. The van der Waals surface area contributed by atoms with Gasteiger partial charge in [0, 0.05) is 6.42 Å². The summed E-state index contributed by atoms with van der Waals surface area (Å²) in [6.07, 6.45) is 48.4. The molecule has 0 aromatic heterocycles. The Morgan fingerprint density at radius 2 is 0.972 bits per heavy atom. The molecule has 8 unspecified atom stereocenters. The number of allylic oxidation sites excluding steroid dienone is 9. The van der Waals surface area contributed by atoms with E-state index in [9.17, 15) is 35.1 Å². The standard InChI is InChI=1S/C60H107NO10/c1-4-7-10-13-16-19-22-23-24-25-26-27-28-29-30-33-35-38-41-44-47-53(64)59(68)61-51(52(63)46-43-40-37-34-31-20-17-14-11-8-5-2)50-69-60-58(57(67)56(66)54(49-62)70-60)71-55(65)48-45-42-39-36-32-21-18-15-12-9-6-3/h16,19,23-24,26-27,29-30,43,46,51-54,56-58,60,62-64,66-67H,4-15,17-18,20-22,25,28,31-42,44-45,47-50H2,1-3H3,(H,61,68)/b19-16-,24-23-,27-26-,30-29-,46-43+. The van der Waals surface area contributed by atoms with Gasteiger partial charge >= 0.3 is 5.97 Å². The molecule has 1 amide bonds. The number of rotatable bonds is 48. The van der Waals surface area contributed by atoms with Crippen LogP contribution in [0.25, 0.3) is 0 Å². The van der Waals surface area contributed by atoms with E-state index >= 15 is 0 Å². The lowest BCUT2D eigenvalue weighted by atomic mass is 9.99. The van der Waals surface area contributed by atoms with Crippen molar-refractivity contribution in [1.29, 1.82) is 0 Å². The maximum absolute atomic E-state index is 13.4. The third-order valence-electron chi connectivity index (χ3n) is 13.4. The molecule has 0 bridgehead atoms. The van der Waals surface area contributed by atoms with E-state index in [1.807, 2.05) is 6.08 Å². The summed E-state index contributed by atoms with van der Waals surface area (Å²) in [4.78, 5) is 26.4. The highest BCUT2D eigenvalue weighted by molar-refractivity contribution is 5.80. The quantitative estimate of drug-likeness (QED) is 0.0196. The second-order valence-electron chi connectivity index (χ2n) is 20.0. The second kappa shape index (κ2) is 48.3. The molecule has 6 N–H and O–H groups in total. The summed E-state index contributed by atoms with van der Waals surface area (Å²) < 4.78 is 17.5. The molecule has 1 aliphatic rings. The van der Waals surface area contributed by atoms with E-state index in [2.05, 4.69) is 74.7 Å². The van der Waals surface area contributed by atoms with Crippen LogP contribution in [0.4, 0.5) is 0 Å². The maximum atomic E-state index is 13.4. The predicted molar refractivity (Wildman–Crippen MR) is 292 cm³/mol. The summed E-state index contributed by atoms with van der Waals surface area (Å²) in [6, 6.07) is -1.03. The lowest BCUT2D eigenvalue weighted by Crippen LogP contribution is -2.61. The van der Waals surface area contributed by atoms with Crippen molar-refractivity contribution in [3.8, 4) is 0 Å². The number of hydrogen-bond donors (Lipinski definition) is 6. The zero-order chi connectivity index (χ0) is 51.8. The molecular formula is C60H107NO10. The normalized spacial score (nSPS) is 20.0. The summed E-state index contributed by atoms with van der Waals surface area (Å²) in [7, 11) is 0. The van der Waals surface area contributed by atoms with Gasteiger partial charge in [0.15, 0.2) is 12.4 Å². The minimum absolute atomic E-state index is 0.122. The van der Waals surface area contributed by atoms with Crippen LogP contribution in [-0.2, 0) is 23.8 Å². The smallest absolute Gasteiger partial charge is 0.306 e. The molecule has 0 aromatic carbocycles. The average molecular weight is 1000 g/mol. The number of ether oxygens (including phenoxy) is 3. The van der Waals surface area contributed by atoms with Crippen LogP contribution in [0.5, 0.6) is 0 Å². The van der Waals surface area contributed by atoms with Crippen LogP contribution in [-0.4, -0.2) is 99.6 Å². The third kappa shape index (κ3) is 36.9. The first-order valence-electron chi connectivity index (χ1n) is 29.1. The Bertz CT molecular complexity index is 1380. The predicted octanol–water partition coefficient (Wildman–Crippen LogP) is 13.1. The van der Waals surface area contributed by atoms with Crippen LogP contribution in [0.15, 0.2) is 60.8 Å². The molecular weight excluding hydrogens is 895 g/mol. The zero-order valence-corrected chi connectivity index (χ0v) is 45.3. The van der Waals surface area contributed by atoms with Crippen LogP contribution in [0.1, 0.15) is 245 Å². The minimum atomic E-state index is -1.61. The molecule has 1 fully saturated rings. The first-order valence-corrected chi connectivity index (χ1v) is 29.1. The van der Waals surface area contributed by atoms with Crippen LogP contribution >= 0.6 is 0 Å². The lowest BCUT2D eigenvalue weighted by Gasteiger charge is -2.41. The summed E-state index contributed by atoms with van der Waals surface area (Å²) in [6.45, 7) is 5.71. The van der Waals surface area contributed by atoms with Crippen molar-refractivity contribution in [3.63, 3.8) is 0 Å². The van der Waals surface area contributed by atoms with Gasteiger partial charge in [-0.25, -0.2) is 0 Å². The van der Waals surface area contributed by atoms with E-state index in [-0.39, 0.29) is 19.4 Å². The average Bonchev–Trinajstić information content (AvgIpc) is 3.37. The van der Waals surface area contributed by atoms with Gasteiger partial charge in [-0.1, -0.05) is 229 Å². The maximum Gasteiger partial charge on any atom is 0.306 e. The SMILES string of the molecule is CCCCC/C=C\C/C=C\C/C=C\C/C=C\CCCCCCC(O)C(=O)NC(COC1OC(CO)C(O)C(O)C1OC(=O)CCCCCCCCCCCCC)C(O)/C=C/CCCCCCCCCCC. The summed E-state index contributed by atoms with van der Waals surface area (Å²) in [5.41, 5.74) is 0. The Kier molecular flexibility index (Phi) is 45.2. The van der Waals surface area contributed by atoms with Crippen molar-refractivity contribution in [2.45, 2.75) is 294 Å². The molecule has 1 saturated heterocycles. The van der Waals surface area contributed by atoms with Crippen molar-refractivity contribution in [1.82, 2.24) is 5.32 Å². The van der Waals surface area contributed by atoms with Gasteiger partial charge in [-0.05, 0) is 70.6 Å². The van der Waals surface area contributed by atoms with Crippen molar-refractivity contribution in [2.24, 2.45) is 0 Å². The molecule has 0 aromatic rings. The number of esters is 1. The second-order valence-corrected chi connectivity index (χ2v) is 20.0. The first kappa shape index (κ1) is 66.4. The van der Waals surface area contributed by atoms with E-state index in [1.54, 1.807) is 6.08 Å². The van der Waals surface area contributed by atoms with Gasteiger partial charge in [-0.3, -0.25) is 9.59 Å². The largest absolute Gasteiger partial charge is 0.454 e. The number of unbranched alkanes of at least 4 members (excludes halogenated alkanes) is 26. The Morgan fingerprint density at radius 1 is 0.549 bits per heavy atom. The number of amides is 1. The molecule has 0 aliphatic carbocycles. The molecule has 0 saturated carbocycles. The van der Waals surface area contributed by atoms with Gasteiger partial charge in [0.1, 0.15) is 24.4 Å². The van der Waals surface area contributed by atoms with Gasteiger partial charge in [0.2, 0.25) is 5.91 Å². The van der Waals surface area contributed by atoms with Crippen molar-refractivity contribution in [3.05, 3.63) is 60.8 Å². The van der Waals surface area contributed by atoms with Gasteiger partial charge in [0.25, 0.3) is 0 Å². The fourth-order valence-corrected chi connectivity index (χ4v) is 8.75. The van der Waals surface area contributed by atoms with Crippen LogP contribution in [0.3, 0.4) is 0 Å². The Labute approximate surface area is 433 Å². The topological polar surface area (TPSA) is 175 Å². The lowest BCUT2D eigenvalue weighted by molar-refractivity contribution is -0.305. The number of nitrogens with one attached hydrogen (secondary N) is 1. The Hall–Kier alpha value is -2.64. The van der Waals surface area contributed by atoms with Crippen LogP contribution in [0.2, 0.25) is 0 Å². The number of aliphatic hydroxyl groups excluding tert-OH is 5. The highest BCUT2D eigenvalue weighted by atomic mass is 16.7. The minimum Gasteiger partial charge on any atom is -0.454 e. The number of carbonyl (C=O) groups excluding carboxylic acids is 2. The summed E-state index contributed by atoms with van der Waals surface area (Å²) >= 11 is 0. The van der Waals surface area contributed by atoms with E-state index < -0.39 is 67.4 Å². The monoisotopic (exact) mass is 1000 g/mol. The number of aliphatic hydroxyl groups is 5. The molecule has 1 rings (SSSR count). The van der Waals surface area contributed by atoms with E-state index in [1.165, 1.54) is 116 Å². The fraction of sp³-hybridized carbons (Fsp3) is 0.800. The molecule has 1 heterocycles. The highest BCUT2D eigenvalue weighted by Crippen LogP contribution is 2.26. The molecule has 1 aliphatic heterocycles. The van der Waals surface area contributed by atoms with Crippen molar-refractivity contribution >= 4 is 11.9 Å². The van der Waals surface area contributed by atoms with Crippen molar-refractivity contribution < 1.29 is 49.3 Å². The van der Waals surface area contributed by atoms with Crippen LogP contribution in [0, 0.1) is 0 Å². The highest BCUT2D eigenvalue weighted by Gasteiger charge is 2.47. The molecule has 71 heavy (non-hydrogen) atoms. The zero-order valence-electron chi connectivity index (χ0n) is 45.3. The fourth-order valence-electron chi connectivity index (χ4n) is 8.75. The first-order chi connectivity index (χ1) is 34.7. The Balaban J connectivity index is 2.71. The number of carbonyl (C=O) groups is 2. The van der Waals surface area contributed by atoms with Gasteiger partial charge in [-0.2, -0.15) is 0 Å².